The second-order valence-electron chi connectivity index (χ2n) is 9.01. The van der Waals surface area contributed by atoms with Gasteiger partial charge in [-0.05, 0) is 79.9 Å². The molecule has 0 aliphatic heterocycles. The van der Waals surface area contributed by atoms with Crippen molar-refractivity contribution in [3.63, 3.8) is 0 Å². The predicted molar refractivity (Wildman–Crippen MR) is 151 cm³/mol. The van der Waals surface area contributed by atoms with Gasteiger partial charge in [0.05, 0.1) is 37.3 Å². The molecule has 0 spiro atoms. The lowest BCUT2D eigenvalue weighted by Crippen LogP contribution is -2.08. The normalized spacial score (nSPS) is 10.5. The van der Waals surface area contributed by atoms with Crippen LogP contribution in [0.5, 0.6) is 17.2 Å². The number of aromatic nitrogens is 1. The largest absolute Gasteiger partial charge is 0.494 e. The molecule has 7 nitrogen and oxygen atoms in total. The SMILES string of the molecule is C=CC(=O)OCCCCCCCOc1ccc(C(=O)Oc2ccc(-c3ccc(OCCCC)cn3)cc2)cc1. The number of rotatable bonds is 17. The van der Waals surface area contributed by atoms with Crippen LogP contribution in [-0.2, 0) is 9.53 Å². The molecule has 3 rings (SSSR count). The first-order valence-corrected chi connectivity index (χ1v) is 13.5. The van der Waals surface area contributed by atoms with Crippen molar-refractivity contribution < 1.29 is 28.5 Å². The fourth-order valence-electron chi connectivity index (χ4n) is 3.67. The van der Waals surface area contributed by atoms with Gasteiger partial charge in [0, 0.05) is 11.6 Å². The number of pyridine rings is 1. The van der Waals surface area contributed by atoms with Crippen LogP contribution in [-0.4, -0.2) is 36.7 Å². The van der Waals surface area contributed by atoms with Crippen LogP contribution in [0.25, 0.3) is 11.3 Å². The summed E-state index contributed by atoms with van der Waals surface area (Å²) in [4.78, 5) is 28.0. The predicted octanol–water partition coefficient (Wildman–Crippen LogP) is 7.21. The molecular weight excluding hydrogens is 494 g/mol. The van der Waals surface area contributed by atoms with E-state index in [1.807, 2.05) is 24.3 Å². The average Bonchev–Trinajstić information content (AvgIpc) is 2.97. The lowest BCUT2D eigenvalue weighted by Gasteiger charge is -2.09. The van der Waals surface area contributed by atoms with Gasteiger partial charge in [0.15, 0.2) is 0 Å². The van der Waals surface area contributed by atoms with E-state index in [1.54, 1.807) is 42.6 Å². The molecule has 1 heterocycles. The summed E-state index contributed by atoms with van der Waals surface area (Å²) < 4.78 is 21.9. The molecule has 0 aliphatic carbocycles. The van der Waals surface area contributed by atoms with E-state index in [0.717, 1.165) is 62.0 Å². The third-order valence-electron chi connectivity index (χ3n) is 5.92. The Morgan fingerprint density at radius 1 is 0.744 bits per heavy atom. The van der Waals surface area contributed by atoms with E-state index in [-0.39, 0.29) is 5.97 Å². The van der Waals surface area contributed by atoms with E-state index < -0.39 is 5.97 Å². The minimum absolute atomic E-state index is 0.374. The average molecular weight is 532 g/mol. The Balaban J connectivity index is 1.36. The summed E-state index contributed by atoms with van der Waals surface area (Å²) in [6, 6.07) is 18.0. The molecule has 0 fully saturated rings. The standard InChI is InChI=1S/C32H37NO6/c1-3-5-21-37-29-19-20-30(33-24-29)25-11-17-28(18-12-25)39-32(35)26-13-15-27(16-14-26)36-22-9-7-6-8-10-23-38-31(34)4-2/h4,11-20,24H,2-3,5-10,21-23H2,1H3. The molecule has 0 N–H and O–H groups in total. The summed E-state index contributed by atoms with van der Waals surface area (Å²) >= 11 is 0. The molecule has 2 aromatic carbocycles. The van der Waals surface area contributed by atoms with Crippen molar-refractivity contribution in [2.45, 2.75) is 51.9 Å². The highest BCUT2D eigenvalue weighted by Crippen LogP contribution is 2.23. The summed E-state index contributed by atoms with van der Waals surface area (Å²) in [7, 11) is 0. The molecule has 0 radical (unpaired) electrons. The number of ether oxygens (including phenoxy) is 4. The summed E-state index contributed by atoms with van der Waals surface area (Å²) in [5.41, 5.74) is 2.19. The van der Waals surface area contributed by atoms with E-state index in [0.29, 0.717) is 36.9 Å². The van der Waals surface area contributed by atoms with Gasteiger partial charge in [0.25, 0.3) is 0 Å². The molecule has 39 heavy (non-hydrogen) atoms. The van der Waals surface area contributed by atoms with Crippen molar-refractivity contribution in [3.05, 3.63) is 85.1 Å². The van der Waals surface area contributed by atoms with E-state index in [4.69, 9.17) is 18.9 Å². The Hall–Kier alpha value is -4.13. The topological polar surface area (TPSA) is 84.0 Å². The molecule has 0 unspecified atom stereocenters. The van der Waals surface area contributed by atoms with Crippen LogP contribution in [0.1, 0.15) is 62.2 Å². The first kappa shape index (κ1) is 29.4. The third kappa shape index (κ3) is 10.6. The van der Waals surface area contributed by atoms with Crippen molar-refractivity contribution >= 4 is 11.9 Å². The van der Waals surface area contributed by atoms with Crippen LogP contribution in [0.4, 0.5) is 0 Å². The monoisotopic (exact) mass is 531 g/mol. The molecule has 0 aliphatic rings. The maximum atomic E-state index is 12.6. The number of hydrogen-bond acceptors (Lipinski definition) is 7. The first-order chi connectivity index (χ1) is 19.1. The van der Waals surface area contributed by atoms with Crippen LogP contribution >= 0.6 is 0 Å². The van der Waals surface area contributed by atoms with E-state index in [9.17, 15) is 9.59 Å². The smallest absolute Gasteiger partial charge is 0.343 e. The van der Waals surface area contributed by atoms with Crippen LogP contribution in [0.3, 0.4) is 0 Å². The van der Waals surface area contributed by atoms with Crippen LogP contribution in [0.15, 0.2) is 79.5 Å². The fraction of sp³-hybridized carbons (Fsp3) is 0.344. The molecule has 0 saturated carbocycles. The Morgan fingerprint density at radius 2 is 1.36 bits per heavy atom. The van der Waals surface area contributed by atoms with Gasteiger partial charge >= 0.3 is 11.9 Å². The van der Waals surface area contributed by atoms with Gasteiger partial charge in [-0.25, -0.2) is 9.59 Å². The molecule has 0 saturated heterocycles. The van der Waals surface area contributed by atoms with E-state index in [2.05, 4.69) is 18.5 Å². The Kier molecular flexibility index (Phi) is 12.6. The van der Waals surface area contributed by atoms with E-state index in [1.165, 1.54) is 6.08 Å². The number of hydrogen-bond donors (Lipinski definition) is 0. The Labute approximate surface area is 230 Å². The van der Waals surface area contributed by atoms with Crippen molar-refractivity contribution in [2.24, 2.45) is 0 Å². The Morgan fingerprint density at radius 3 is 2.03 bits per heavy atom. The number of benzene rings is 2. The number of esters is 2. The van der Waals surface area contributed by atoms with Gasteiger partial charge < -0.3 is 18.9 Å². The van der Waals surface area contributed by atoms with Gasteiger partial charge in [-0.2, -0.15) is 0 Å². The lowest BCUT2D eigenvalue weighted by molar-refractivity contribution is -0.137. The van der Waals surface area contributed by atoms with Crippen LogP contribution < -0.4 is 14.2 Å². The second kappa shape index (κ2) is 16.7. The third-order valence-corrected chi connectivity index (χ3v) is 5.92. The maximum Gasteiger partial charge on any atom is 0.343 e. The minimum Gasteiger partial charge on any atom is -0.494 e. The number of nitrogens with zero attached hydrogens (tertiary/aromatic N) is 1. The molecule has 3 aromatic rings. The lowest BCUT2D eigenvalue weighted by atomic mass is 10.1. The summed E-state index contributed by atoms with van der Waals surface area (Å²) in [6.45, 7) is 7.22. The van der Waals surface area contributed by atoms with Gasteiger partial charge in [0.2, 0.25) is 0 Å². The molecular formula is C32H37NO6. The highest BCUT2D eigenvalue weighted by molar-refractivity contribution is 5.91. The molecule has 0 bridgehead atoms. The summed E-state index contributed by atoms with van der Waals surface area (Å²) in [6.07, 6.45) is 9.87. The number of carbonyl (C=O) groups excluding carboxylic acids is 2. The van der Waals surface area contributed by atoms with Crippen LogP contribution in [0.2, 0.25) is 0 Å². The molecule has 0 atom stereocenters. The fourth-order valence-corrected chi connectivity index (χ4v) is 3.67. The van der Waals surface area contributed by atoms with Gasteiger partial charge in [-0.3, -0.25) is 4.98 Å². The van der Waals surface area contributed by atoms with Crippen LogP contribution in [0, 0.1) is 0 Å². The first-order valence-electron chi connectivity index (χ1n) is 13.5. The van der Waals surface area contributed by atoms with Crippen molar-refractivity contribution in [3.8, 4) is 28.5 Å². The quantitative estimate of drug-likeness (QED) is 0.0788. The second-order valence-corrected chi connectivity index (χ2v) is 9.01. The molecule has 0 amide bonds. The zero-order chi connectivity index (χ0) is 27.7. The molecule has 1 aromatic heterocycles. The van der Waals surface area contributed by atoms with Crippen molar-refractivity contribution in [1.29, 1.82) is 0 Å². The number of carbonyl (C=O) groups is 2. The maximum absolute atomic E-state index is 12.6. The zero-order valence-electron chi connectivity index (χ0n) is 22.6. The number of unbranched alkanes of at least 4 members (excludes halogenated alkanes) is 5. The summed E-state index contributed by atoms with van der Waals surface area (Å²) in [5.74, 6) is 1.12. The molecule has 206 valence electrons. The highest BCUT2D eigenvalue weighted by Gasteiger charge is 2.10. The summed E-state index contributed by atoms with van der Waals surface area (Å²) in [5, 5.41) is 0. The minimum atomic E-state index is -0.431. The Bertz CT molecular complexity index is 1160. The van der Waals surface area contributed by atoms with E-state index >= 15 is 0 Å². The molecule has 7 heteroatoms. The highest BCUT2D eigenvalue weighted by atomic mass is 16.5. The zero-order valence-corrected chi connectivity index (χ0v) is 22.6. The van der Waals surface area contributed by atoms with Gasteiger partial charge in [0.1, 0.15) is 17.2 Å². The van der Waals surface area contributed by atoms with Crippen molar-refractivity contribution in [1.82, 2.24) is 4.98 Å². The van der Waals surface area contributed by atoms with Gasteiger partial charge in [-0.1, -0.05) is 39.2 Å². The van der Waals surface area contributed by atoms with Crippen molar-refractivity contribution in [2.75, 3.05) is 19.8 Å². The van der Waals surface area contributed by atoms with Gasteiger partial charge in [-0.15, -0.1) is 0 Å².